The average Bonchev–Trinajstić information content (AvgIpc) is 3.71. The molecule has 0 aromatic rings. The summed E-state index contributed by atoms with van der Waals surface area (Å²) in [5, 5.41) is 15.9. The minimum absolute atomic E-state index is 0. The van der Waals surface area contributed by atoms with Crippen LogP contribution in [0, 0.1) is 0 Å². The Labute approximate surface area is 278 Å². The maximum atomic E-state index is 12.2. The van der Waals surface area contributed by atoms with Crippen LogP contribution in [0.3, 0.4) is 0 Å². The van der Waals surface area contributed by atoms with Crippen LogP contribution in [0.5, 0.6) is 0 Å². The van der Waals surface area contributed by atoms with E-state index in [2.05, 4.69) is 25.9 Å². The van der Waals surface area contributed by atoms with E-state index in [4.69, 9.17) is 9.68 Å². The third kappa shape index (κ3) is 8.13. The molecule has 6 aliphatic heterocycles. The number of urea groups is 2. The maximum Gasteiger partial charge on any atom is 1.00 e. The predicted octanol–water partition coefficient (Wildman–Crippen LogP) is -6.83. The van der Waals surface area contributed by atoms with Gasteiger partial charge in [-0.3, -0.25) is 34.1 Å². The molecule has 6 heterocycles. The number of nitrogens with one attached hydrogen (secondary N) is 4. The summed E-state index contributed by atoms with van der Waals surface area (Å²) >= 11 is 0. The Balaban J connectivity index is 0.000000203. The van der Waals surface area contributed by atoms with Gasteiger partial charge in [-0.25, -0.2) is 34.0 Å². The molecule has 6 rings (SSSR count). The van der Waals surface area contributed by atoms with Gasteiger partial charge in [0.15, 0.2) is 0 Å². The van der Waals surface area contributed by atoms with Crippen molar-refractivity contribution in [3.8, 4) is 0 Å². The second-order valence-corrected chi connectivity index (χ2v) is 11.9. The number of hydrogen-bond donors (Lipinski definition) is 5. The molecule has 45 heavy (non-hydrogen) atoms. The van der Waals surface area contributed by atoms with Gasteiger partial charge >= 0.3 is 41.6 Å². The monoisotopic (exact) mass is 670 g/mol. The second-order valence-electron chi connectivity index (χ2n) is 10.9. The number of fused-ring (bicyclic) bond motifs is 4. The summed E-state index contributed by atoms with van der Waals surface area (Å²) < 4.78 is 36.2. The number of hydrogen-bond acceptors (Lipinski definition) is 13. The van der Waals surface area contributed by atoms with E-state index < -0.39 is 58.5 Å². The molecular formula is C22H31N8NaO13S. The molecule has 6 saturated heterocycles. The van der Waals surface area contributed by atoms with Crippen molar-refractivity contribution in [1.29, 1.82) is 0 Å². The van der Waals surface area contributed by atoms with Gasteiger partial charge < -0.3 is 25.0 Å². The van der Waals surface area contributed by atoms with Gasteiger partial charge in [-0.15, -0.1) is 0 Å². The Kier molecular flexibility index (Phi) is 11.1. The summed E-state index contributed by atoms with van der Waals surface area (Å²) in [5.41, 5.74) is 4.52. The Bertz CT molecular complexity index is 1320. The Hall–Kier alpha value is -2.83. The molecule has 6 atom stereocenters. The zero-order chi connectivity index (χ0) is 31.8. The number of piperidine rings is 2. The van der Waals surface area contributed by atoms with Gasteiger partial charge in [-0.1, -0.05) is 0 Å². The zero-order valence-electron chi connectivity index (χ0n) is 24.1. The fraction of sp³-hybridized carbons (Fsp3) is 0.727. The van der Waals surface area contributed by atoms with E-state index in [1.54, 1.807) is 0 Å². The Morgan fingerprint density at radius 1 is 0.800 bits per heavy atom. The summed E-state index contributed by atoms with van der Waals surface area (Å²) in [6, 6.07) is -3.77. The normalized spacial score (nSPS) is 30.4. The predicted molar refractivity (Wildman–Crippen MR) is 135 cm³/mol. The molecule has 0 unspecified atom stereocenters. The summed E-state index contributed by atoms with van der Waals surface area (Å²) in [4.78, 5) is 82.9. The van der Waals surface area contributed by atoms with Crippen LogP contribution in [0.25, 0.3) is 0 Å². The average molecular weight is 671 g/mol. The van der Waals surface area contributed by atoms with Crippen LogP contribution < -0.4 is 51.2 Å². The molecule has 0 aromatic heterocycles. The van der Waals surface area contributed by atoms with Gasteiger partial charge in [0, 0.05) is 26.2 Å². The van der Waals surface area contributed by atoms with E-state index >= 15 is 0 Å². The molecule has 0 spiro atoms. The topological polar surface area (TPSA) is 269 Å². The summed E-state index contributed by atoms with van der Waals surface area (Å²) in [5.74, 6) is -1.31. The largest absolute Gasteiger partial charge is 1.00 e. The van der Waals surface area contributed by atoms with Crippen LogP contribution >= 0.6 is 0 Å². The van der Waals surface area contributed by atoms with Gasteiger partial charge in [0.1, 0.15) is 24.3 Å². The first-order chi connectivity index (χ1) is 20.8. The fourth-order valence-electron chi connectivity index (χ4n) is 5.77. The van der Waals surface area contributed by atoms with E-state index in [1.165, 1.54) is 4.90 Å². The molecular weight excluding hydrogens is 639 g/mol. The van der Waals surface area contributed by atoms with Crippen LogP contribution in [-0.4, -0.2) is 136 Å². The van der Waals surface area contributed by atoms with E-state index in [-0.39, 0.29) is 85.9 Å². The SMILES string of the molecule is O=C1C[C@@H](ONC(=O)[C@@H]2CC[C@@H]3CN2C(=O)N3O)CN1.O=C1C[C@@H](ONC(=O)[C@@H]2CC[C@@H]3CN2C(=O)N3OS(=O)(=O)[O-])CN1.[Na+]. The smallest absolute Gasteiger partial charge is 0.724 e. The molecule has 0 aliphatic carbocycles. The first kappa shape index (κ1) is 35.0. The van der Waals surface area contributed by atoms with Crippen molar-refractivity contribution in [2.75, 3.05) is 26.2 Å². The number of nitrogens with zero attached hydrogens (tertiary/aromatic N) is 4. The molecule has 0 saturated carbocycles. The molecule has 6 fully saturated rings. The fourth-order valence-corrected chi connectivity index (χ4v) is 6.15. The van der Waals surface area contributed by atoms with E-state index in [0.29, 0.717) is 42.5 Å². The number of rotatable bonds is 8. The van der Waals surface area contributed by atoms with Gasteiger partial charge in [0.25, 0.3) is 11.8 Å². The van der Waals surface area contributed by atoms with Crippen molar-refractivity contribution >= 4 is 46.1 Å². The first-order valence-electron chi connectivity index (χ1n) is 13.8. The molecule has 6 aliphatic rings. The van der Waals surface area contributed by atoms with Crippen molar-refractivity contribution in [3.05, 3.63) is 0 Å². The third-order valence-electron chi connectivity index (χ3n) is 7.98. The van der Waals surface area contributed by atoms with Crippen LogP contribution in [0.4, 0.5) is 9.59 Å². The van der Waals surface area contributed by atoms with Crippen molar-refractivity contribution < 1.29 is 90.5 Å². The van der Waals surface area contributed by atoms with E-state index in [9.17, 15) is 46.9 Å². The Morgan fingerprint density at radius 2 is 1.27 bits per heavy atom. The molecule has 5 N–H and O–H groups in total. The molecule has 244 valence electrons. The Morgan fingerprint density at radius 3 is 1.73 bits per heavy atom. The van der Waals surface area contributed by atoms with Crippen molar-refractivity contribution in [3.63, 3.8) is 0 Å². The second kappa shape index (κ2) is 14.3. The minimum Gasteiger partial charge on any atom is -0.724 e. The number of amides is 8. The van der Waals surface area contributed by atoms with Gasteiger partial charge in [0.05, 0.1) is 24.9 Å². The van der Waals surface area contributed by atoms with Crippen LogP contribution in [-0.2, 0) is 43.5 Å². The third-order valence-corrected chi connectivity index (χ3v) is 8.32. The van der Waals surface area contributed by atoms with E-state index in [0.717, 1.165) is 4.90 Å². The molecule has 4 bridgehead atoms. The molecule has 0 aromatic carbocycles. The molecule has 0 radical (unpaired) electrons. The van der Waals surface area contributed by atoms with Crippen molar-refractivity contribution in [1.82, 2.24) is 41.5 Å². The zero-order valence-corrected chi connectivity index (χ0v) is 26.9. The molecule has 8 amide bonds. The van der Waals surface area contributed by atoms with Crippen LogP contribution in [0.2, 0.25) is 0 Å². The quantitative estimate of drug-likeness (QED) is 0.0529. The summed E-state index contributed by atoms with van der Waals surface area (Å²) in [6.45, 7) is 1.04. The van der Waals surface area contributed by atoms with E-state index in [1.807, 2.05) is 0 Å². The van der Waals surface area contributed by atoms with Crippen LogP contribution in [0.15, 0.2) is 0 Å². The van der Waals surface area contributed by atoms with Gasteiger partial charge in [-0.2, -0.15) is 9.35 Å². The molecule has 21 nitrogen and oxygen atoms in total. The minimum atomic E-state index is -5.08. The summed E-state index contributed by atoms with van der Waals surface area (Å²) in [6.07, 6.45) is 1.05. The number of carbonyl (C=O) groups is 6. The van der Waals surface area contributed by atoms with Gasteiger partial charge in [0.2, 0.25) is 22.2 Å². The molecule has 23 heteroatoms. The van der Waals surface area contributed by atoms with Crippen molar-refractivity contribution in [2.45, 2.75) is 74.9 Å². The maximum absolute atomic E-state index is 12.2. The standard InChI is InChI=1S/C11H16N4O8S.C11H16N4O5.Na/c16-9-3-7(4-12-9)22-13-10(17)8-2-1-6-5-14(8)11(18)15(6)23-24(19,20)21;16-9-3-7(4-12-9)20-13-10(17)8-2-1-6-5-14(8)11(18)15(6)19;/h6-8H,1-5H2,(H,12,16)(H,13,17)(H,19,20,21);6-8,19H,1-5H2,(H,12,16)(H,13,17);/q;;+1/p-1/t2*6-,7-,8+;/m11./s1. The van der Waals surface area contributed by atoms with Crippen LogP contribution in [0.1, 0.15) is 38.5 Å². The number of hydroxylamine groups is 6. The van der Waals surface area contributed by atoms with Crippen molar-refractivity contribution in [2.24, 2.45) is 0 Å². The number of carbonyl (C=O) groups excluding carboxylic acids is 6. The first-order valence-corrected chi connectivity index (χ1v) is 15.1. The van der Waals surface area contributed by atoms with Gasteiger partial charge in [-0.05, 0) is 25.7 Å². The summed E-state index contributed by atoms with van der Waals surface area (Å²) in [7, 11) is -5.08.